The fraction of sp³-hybridized carbons (Fsp3) is 0.150. The zero-order valence-electron chi connectivity index (χ0n) is 15.4. The number of sulfonamides is 1. The van der Waals surface area contributed by atoms with Crippen LogP contribution in [0, 0.1) is 6.92 Å². The van der Waals surface area contributed by atoms with Crippen molar-refractivity contribution in [1.82, 2.24) is 4.31 Å². The van der Waals surface area contributed by atoms with Crippen LogP contribution in [0.25, 0.3) is 0 Å². The van der Waals surface area contributed by atoms with Crippen molar-refractivity contribution < 1.29 is 17.6 Å². The second-order valence-electron chi connectivity index (χ2n) is 6.34. The normalized spacial score (nSPS) is 11.6. The van der Waals surface area contributed by atoms with E-state index in [0.717, 1.165) is 14.3 Å². The Morgan fingerprint density at radius 1 is 1.17 bits per heavy atom. The average molecular weight is 498 g/mol. The molecule has 0 saturated heterocycles. The van der Waals surface area contributed by atoms with Gasteiger partial charge in [-0.2, -0.15) is 4.31 Å². The molecule has 9 heteroatoms. The van der Waals surface area contributed by atoms with E-state index in [4.69, 9.17) is 16.0 Å². The number of hydrogen-bond acceptors (Lipinski definition) is 4. The number of aryl methyl sites for hydroxylation is 1. The lowest BCUT2D eigenvalue weighted by Crippen LogP contribution is -2.37. The highest BCUT2D eigenvalue weighted by atomic mass is 79.9. The molecule has 0 bridgehead atoms. The second kappa shape index (κ2) is 9.13. The summed E-state index contributed by atoms with van der Waals surface area (Å²) in [4.78, 5) is 12.7. The van der Waals surface area contributed by atoms with Gasteiger partial charge in [0, 0.05) is 4.47 Å². The van der Waals surface area contributed by atoms with Crippen molar-refractivity contribution in [3.63, 3.8) is 0 Å². The predicted octanol–water partition coefficient (Wildman–Crippen LogP) is 4.83. The number of amides is 1. The number of carbonyl (C=O) groups is 1. The molecule has 0 unspecified atom stereocenters. The minimum absolute atomic E-state index is 0.0787. The number of benzene rings is 2. The molecule has 1 aromatic heterocycles. The molecule has 0 atom stereocenters. The third-order valence-corrected chi connectivity index (χ3v) is 6.71. The van der Waals surface area contributed by atoms with Crippen LogP contribution < -0.4 is 5.32 Å². The van der Waals surface area contributed by atoms with Crippen molar-refractivity contribution in [1.29, 1.82) is 0 Å². The lowest BCUT2D eigenvalue weighted by molar-refractivity contribution is -0.116. The fourth-order valence-electron chi connectivity index (χ4n) is 2.60. The number of halogens is 2. The molecule has 152 valence electrons. The highest BCUT2D eigenvalue weighted by Crippen LogP contribution is 2.26. The van der Waals surface area contributed by atoms with Gasteiger partial charge in [-0.15, -0.1) is 0 Å². The topological polar surface area (TPSA) is 79.6 Å². The van der Waals surface area contributed by atoms with Gasteiger partial charge >= 0.3 is 0 Å². The Morgan fingerprint density at radius 3 is 2.52 bits per heavy atom. The van der Waals surface area contributed by atoms with Crippen molar-refractivity contribution in [2.24, 2.45) is 0 Å². The van der Waals surface area contributed by atoms with E-state index in [9.17, 15) is 13.2 Å². The Kier molecular flexibility index (Phi) is 6.79. The van der Waals surface area contributed by atoms with E-state index >= 15 is 0 Å². The second-order valence-corrected chi connectivity index (χ2v) is 9.60. The molecule has 2 aromatic carbocycles. The van der Waals surface area contributed by atoms with Crippen LogP contribution in [0.15, 0.2) is 74.6 Å². The summed E-state index contributed by atoms with van der Waals surface area (Å²) in [5, 5.41) is 2.99. The molecule has 0 aliphatic heterocycles. The monoisotopic (exact) mass is 496 g/mol. The minimum atomic E-state index is -3.93. The summed E-state index contributed by atoms with van der Waals surface area (Å²) in [7, 11) is -3.93. The maximum Gasteiger partial charge on any atom is 0.243 e. The van der Waals surface area contributed by atoms with Gasteiger partial charge < -0.3 is 9.73 Å². The lowest BCUT2D eigenvalue weighted by Gasteiger charge is -2.21. The van der Waals surface area contributed by atoms with Gasteiger partial charge in [0.2, 0.25) is 15.9 Å². The number of carbonyl (C=O) groups excluding carboxylic acids is 1. The summed E-state index contributed by atoms with van der Waals surface area (Å²) in [5.74, 6) is -0.0911. The van der Waals surface area contributed by atoms with Crippen molar-refractivity contribution >= 4 is 49.1 Å². The molecule has 3 aromatic rings. The molecule has 0 fully saturated rings. The van der Waals surface area contributed by atoms with E-state index in [0.29, 0.717) is 16.5 Å². The number of furan rings is 1. The van der Waals surface area contributed by atoms with Crippen molar-refractivity contribution in [3.05, 3.63) is 81.7 Å². The van der Waals surface area contributed by atoms with Gasteiger partial charge in [0.15, 0.2) is 0 Å². The van der Waals surface area contributed by atoms with Crippen LogP contribution in [0.5, 0.6) is 0 Å². The standard InChI is InChI=1S/C20H18BrClN2O4S/c1-14-4-7-17(8-5-14)29(26,27)24(12-16-3-2-10-28-16)13-20(25)23-19-9-6-15(21)11-18(19)22/h2-11H,12-13H2,1H3,(H,23,25). The van der Waals surface area contributed by atoms with Gasteiger partial charge in [-0.25, -0.2) is 8.42 Å². The molecular weight excluding hydrogens is 480 g/mol. The molecule has 0 saturated carbocycles. The number of rotatable bonds is 7. The molecule has 1 heterocycles. The summed E-state index contributed by atoms with van der Waals surface area (Å²) in [5.41, 5.74) is 1.33. The Labute approximate surface area is 182 Å². The Hall–Kier alpha value is -2.13. The Morgan fingerprint density at radius 2 is 1.90 bits per heavy atom. The summed E-state index contributed by atoms with van der Waals surface area (Å²) >= 11 is 9.43. The third-order valence-electron chi connectivity index (χ3n) is 4.10. The van der Waals surface area contributed by atoms with Crippen molar-refractivity contribution in [2.75, 3.05) is 11.9 Å². The number of nitrogens with zero attached hydrogens (tertiary/aromatic N) is 1. The molecular formula is C20H18BrClN2O4S. The zero-order valence-corrected chi connectivity index (χ0v) is 18.6. The molecule has 3 rings (SSSR count). The number of hydrogen-bond donors (Lipinski definition) is 1. The smallest absolute Gasteiger partial charge is 0.243 e. The van der Waals surface area contributed by atoms with Crippen LogP contribution in [0.1, 0.15) is 11.3 Å². The Balaban J connectivity index is 1.85. The molecule has 1 N–H and O–H groups in total. The first-order chi connectivity index (χ1) is 13.8. The Bertz CT molecular complexity index is 1100. The van der Waals surface area contributed by atoms with Crippen molar-refractivity contribution in [2.45, 2.75) is 18.4 Å². The molecule has 0 radical (unpaired) electrons. The zero-order chi connectivity index (χ0) is 21.0. The van der Waals surface area contributed by atoms with Gasteiger partial charge in [-0.3, -0.25) is 4.79 Å². The van der Waals surface area contributed by atoms with E-state index in [2.05, 4.69) is 21.2 Å². The van der Waals surface area contributed by atoms with Crippen molar-refractivity contribution in [3.8, 4) is 0 Å². The van der Waals surface area contributed by atoms with E-state index in [1.807, 2.05) is 6.92 Å². The third kappa shape index (κ3) is 5.48. The van der Waals surface area contributed by atoms with Gasteiger partial charge in [-0.05, 0) is 49.4 Å². The van der Waals surface area contributed by atoms with Crippen LogP contribution in [-0.2, 0) is 21.4 Å². The SMILES string of the molecule is Cc1ccc(S(=O)(=O)N(CC(=O)Nc2ccc(Br)cc2Cl)Cc2ccco2)cc1. The average Bonchev–Trinajstić information content (AvgIpc) is 3.17. The van der Waals surface area contributed by atoms with E-state index in [-0.39, 0.29) is 11.4 Å². The molecule has 0 aliphatic carbocycles. The molecule has 6 nitrogen and oxygen atoms in total. The van der Waals surface area contributed by atoms with Crippen LogP contribution in [-0.4, -0.2) is 25.2 Å². The molecule has 0 aliphatic rings. The lowest BCUT2D eigenvalue weighted by atomic mass is 10.2. The summed E-state index contributed by atoms with van der Waals surface area (Å²) < 4.78 is 33.4. The maximum absolute atomic E-state index is 13.1. The molecule has 1 amide bonds. The predicted molar refractivity (Wildman–Crippen MR) is 115 cm³/mol. The quantitative estimate of drug-likeness (QED) is 0.507. The van der Waals surface area contributed by atoms with Gasteiger partial charge in [0.25, 0.3) is 0 Å². The molecule has 0 spiro atoms. The number of anilines is 1. The highest BCUT2D eigenvalue weighted by molar-refractivity contribution is 9.10. The summed E-state index contributed by atoms with van der Waals surface area (Å²) in [6.07, 6.45) is 1.45. The van der Waals surface area contributed by atoms with Crippen LogP contribution in [0.4, 0.5) is 5.69 Å². The molecule has 29 heavy (non-hydrogen) atoms. The van der Waals surface area contributed by atoms with Gasteiger partial charge in [0.05, 0.1) is 35.0 Å². The minimum Gasteiger partial charge on any atom is -0.468 e. The summed E-state index contributed by atoms with van der Waals surface area (Å²) in [6.45, 7) is 1.39. The maximum atomic E-state index is 13.1. The number of nitrogens with one attached hydrogen (secondary N) is 1. The van der Waals surface area contributed by atoms with E-state index in [1.54, 1.807) is 42.5 Å². The van der Waals surface area contributed by atoms with Gasteiger partial charge in [0.1, 0.15) is 5.76 Å². The first kappa shape index (κ1) is 21.6. The largest absolute Gasteiger partial charge is 0.468 e. The van der Waals surface area contributed by atoms with Crippen LogP contribution in [0.3, 0.4) is 0 Å². The van der Waals surface area contributed by atoms with E-state index < -0.39 is 22.5 Å². The highest BCUT2D eigenvalue weighted by Gasteiger charge is 2.28. The van der Waals surface area contributed by atoms with Crippen LogP contribution >= 0.6 is 27.5 Å². The first-order valence-corrected chi connectivity index (χ1v) is 11.2. The van der Waals surface area contributed by atoms with Gasteiger partial charge in [-0.1, -0.05) is 45.2 Å². The summed E-state index contributed by atoms with van der Waals surface area (Å²) in [6, 6.07) is 14.8. The van der Waals surface area contributed by atoms with Crippen LogP contribution in [0.2, 0.25) is 5.02 Å². The van der Waals surface area contributed by atoms with E-state index in [1.165, 1.54) is 18.4 Å². The fourth-order valence-corrected chi connectivity index (χ4v) is 4.69. The first-order valence-electron chi connectivity index (χ1n) is 8.60.